The normalized spacial score (nSPS) is 11.5. The van der Waals surface area contributed by atoms with Gasteiger partial charge in [-0.15, -0.1) is 0 Å². The van der Waals surface area contributed by atoms with Gasteiger partial charge in [-0.2, -0.15) is 0 Å². The van der Waals surface area contributed by atoms with Crippen LogP contribution in [-0.2, 0) is 20.4 Å². The predicted molar refractivity (Wildman–Crippen MR) is 121 cm³/mol. The van der Waals surface area contributed by atoms with Crippen LogP contribution < -0.4 is 5.32 Å². The molecule has 0 aliphatic rings. The molecule has 1 amide bonds. The Bertz CT molecular complexity index is 1260. The first-order valence-electron chi connectivity index (χ1n) is 9.99. The lowest BCUT2D eigenvalue weighted by molar-refractivity contribution is -0.116. The molecule has 0 saturated carbocycles. The van der Waals surface area contributed by atoms with Gasteiger partial charge in [0, 0.05) is 17.7 Å². The fourth-order valence-electron chi connectivity index (χ4n) is 3.30. The molecule has 0 atom stereocenters. The molecule has 1 heterocycles. The zero-order chi connectivity index (χ0) is 21.7. The van der Waals surface area contributed by atoms with Crippen molar-refractivity contribution in [2.45, 2.75) is 18.6 Å². The zero-order valence-corrected chi connectivity index (χ0v) is 17.6. The highest BCUT2D eigenvalue weighted by atomic mass is 32.2. The molecule has 0 spiro atoms. The van der Waals surface area contributed by atoms with Gasteiger partial charge in [-0.05, 0) is 42.3 Å². The number of amides is 1. The number of oxazole rings is 1. The van der Waals surface area contributed by atoms with Gasteiger partial charge in [-0.1, -0.05) is 48.5 Å². The summed E-state index contributed by atoms with van der Waals surface area (Å²) in [6.45, 7) is 0. The van der Waals surface area contributed by atoms with Crippen molar-refractivity contribution >= 4 is 32.5 Å². The standard InChI is InChI=1S/C24H22N2O4S/c27-23(14-7-15-31(28,29)17-18-8-2-1-3-9-18)25-20-11-6-10-19(16-20)24-26-21-12-4-5-13-22(21)30-24/h1-6,8-13,16H,7,14-15,17H2,(H,25,27). The van der Waals surface area contributed by atoms with E-state index < -0.39 is 9.84 Å². The van der Waals surface area contributed by atoms with E-state index in [1.807, 2.05) is 54.6 Å². The Morgan fingerprint density at radius 3 is 2.52 bits per heavy atom. The Morgan fingerprint density at radius 2 is 1.71 bits per heavy atom. The highest BCUT2D eigenvalue weighted by Crippen LogP contribution is 2.26. The number of hydrogen-bond acceptors (Lipinski definition) is 5. The third kappa shape index (κ3) is 5.58. The van der Waals surface area contributed by atoms with Crippen LogP contribution in [0.4, 0.5) is 5.69 Å². The number of fused-ring (bicyclic) bond motifs is 1. The molecule has 3 aromatic carbocycles. The Balaban J connectivity index is 1.33. The van der Waals surface area contributed by atoms with Crippen LogP contribution in [0.1, 0.15) is 18.4 Å². The second kappa shape index (κ2) is 9.14. The fourth-order valence-corrected chi connectivity index (χ4v) is 4.73. The van der Waals surface area contributed by atoms with Crippen molar-refractivity contribution in [2.24, 2.45) is 0 Å². The van der Waals surface area contributed by atoms with Crippen LogP contribution in [0.5, 0.6) is 0 Å². The highest BCUT2D eigenvalue weighted by Gasteiger charge is 2.14. The van der Waals surface area contributed by atoms with Gasteiger partial charge in [-0.3, -0.25) is 4.79 Å². The van der Waals surface area contributed by atoms with Gasteiger partial charge >= 0.3 is 0 Å². The first kappa shape index (κ1) is 20.8. The summed E-state index contributed by atoms with van der Waals surface area (Å²) in [6.07, 6.45) is 0.396. The van der Waals surface area contributed by atoms with E-state index in [1.54, 1.807) is 24.3 Å². The molecule has 0 saturated heterocycles. The number of para-hydroxylation sites is 2. The number of sulfone groups is 1. The molecule has 31 heavy (non-hydrogen) atoms. The van der Waals surface area contributed by atoms with E-state index in [1.165, 1.54) is 0 Å². The number of anilines is 1. The molecular formula is C24H22N2O4S. The van der Waals surface area contributed by atoms with E-state index in [9.17, 15) is 13.2 Å². The molecule has 0 aliphatic carbocycles. The molecule has 4 aromatic rings. The number of aromatic nitrogens is 1. The largest absolute Gasteiger partial charge is 0.436 e. The van der Waals surface area contributed by atoms with Crippen LogP contribution in [0, 0.1) is 0 Å². The van der Waals surface area contributed by atoms with Crippen molar-refractivity contribution < 1.29 is 17.6 Å². The zero-order valence-electron chi connectivity index (χ0n) is 16.8. The molecule has 7 heteroatoms. The molecule has 1 N–H and O–H groups in total. The smallest absolute Gasteiger partial charge is 0.227 e. The topological polar surface area (TPSA) is 89.3 Å². The van der Waals surface area contributed by atoms with Gasteiger partial charge in [-0.25, -0.2) is 13.4 Å². The molecule has 6 nitrogen and oxygen atoms in total. The number of benzene rings is 3. The molecule has 0 unspecified atom stereocenters. The maximum Gasteiger partial charge on any atom is 0.227 e. The number of nitrogens with zero attached hydrogens (tertiary/aromatic N) is 1. The lowest BCUT2D eigenvalue weighted by atomic mass is 10.2. The number of nitrogens with one attached hydrogen (secondary N) is 1. The van der Waals surface area contributed by atoms with E-state index in [4.69, 9.17) is 4.42 Å². The summed E-state index contributed by atoms with van der Waals surface area (Å²) in [5.41, 5.74) is 3.58. The van der Waals surface area contributed by atoms with Gasteiger partial charge in [0.2, 0.25) is 11.8 Å². The van der Waals surface area contributed by atoms with Gasteiger partial charge in [0.25, 0.3) is 0 Å². The van der Waals surface area contributed by atoms with E-state index in [-0.39, 0.29) is 30.3 Å². The fraction of sp³-hybridized carbons (Fsp3) is 0.167. The van der Waals surface area contributed by atoms with Crippen molar-refractivity contribution in [3.8, 4) is 11.5 Å². The average molecular weight is 435 g/mol. The van der Waals surface area contributed by atoms with Crippen LogP contribution in [0.15, 0.2) is 83.3 Å². The molecule has 1 aromatic heterocycles. The first-order chi connectivity index (χ1) is 15.0. The van der Waals surface area contributed by atoms with Crippen molar-refractivity contribution in [3.05, 3.63) is 84.4 Å². The minimum Gasteiger partial charge on any atom is -0.436 e. The first-order valence-corrected chi connectivity index (χ1v) is 11.8. The lowest BCUT2D eigenvalue weighted by Crippen LogP contribution is -2.15. The minimum atomic E-state index is -3.26. The molecule has 0 fully saturated rings. The number of hydrogen-bond donors (Lipinski definition) is 1. The van der Waals surface area contributed by atoms with E-state index >= 15 is 0 Å². The van der Waals surface area contributed by atoms with Gasteiger partial charge < -0.3 is 9.73 Å². The van der Waals surface area contributed by atoms with Crippen LogP contribution in [0.2, 0.25) is 0 Å². The van der Waals surface area contributed by atoms with Crippen molar-refractivity contribution in [3.63, 3.8) is 0 Å². The van der Waals surface area contributed by atoms with Crippen LogP contribution in [0.25, 0.3) is 22.6 Å². The molecule has 0 bridgehead atoms. The average Bonchev–Trinajstić information content (AvgIpc) is 3.18. The second-order valence-corrected chi connectivity index (χ2v) is 9.48. The molecular weight excluding hydrogens is 412 g/mol. The molecule has 4 rings (SSSR count). The van der Waals surface area contributed by atoms with E-state index in [0.29, 0.717) is 17.2 Å². The maximum atomic E-state index is 12.3. The third-order valence-electron chi connectivity index (χ3n) is 4.78. The molecule has 0 aliphatic heterocycles. The molecule has 0 radical (unpaired) electrons. The summed E-state index contributed by atoms with van der Waals surface area (Å²) in [7, 11) is -3.26. The highest BCUT2D eigenvalue weighted by molar-refractivity contribution is 7.90. The Hall–Kier alpha value is -3.45. The minimum absolute atomic E-state index is 0.0119. The molecule has 158 valence electrons. The van der Waals surface area contributed by atoms with E-state index in [2.05, 4.69) is 10.3 Å². The SMILES string of the molecule is O=C(CCCS(=O)(=O)Cc1ccccc1)Nc1cccc(-c2nc3ccccc3o2)c1. The van der Waals surface area contributed by atoms with Crippen LogP contribution >= 0.6 is 0 Å². The summed E-state index contributed by atoms with van der Waals surface area (Å²) < 4.78 is 30.3. The second-order valence-electron chi connectivity index (χ2n) is 7.30. The summed E-state index contributed by atoms with van der Waals surface area (Å²) >= 11 is 0. The Morgan fingerprint density at radius 1 is 0.935 bits per heavy atom. The van der Waals surface area contributed by atoms with Crippen molar-refractivity contribution in [2.75, 3.05) is 11.1 Å². The van der Waals surface area contributed by atoms with Crippen LogP contribution in [-0.4, -0.2) is 25.1 Å². The quantitative estimate of drug-likeness (QED) is 0.429. The lowest BCUT2D eigenvalue weighted by Gasteiger charge is -2.07. The maximum absolute atomic E-state index is 12.3. The monoisotopic (exact) mass is 434 g/mol. The summed E-state index contributed by atoms with van der Waals surface area (Å²) in [5.74, 6) is 0.203. The van der Waals surface area contributed by atoms with Gasteiger partial charge in [0.1, 0.15) is 5.52 Å². The third-order valence-corrected chi connectivity index (χ3v) is 6.46. The summed E-state index contributed by atoms with van der Waals surface area (Å²) in [6, 6.07) is 23.8. The number of carbonyl (C=O) groups is 1. The number of carbonyl (C=O) groups excluding carboxylic acids is 1. The van der Waals surface area contributed by atoms with Crippen molar-refractivity contribution in [1.29, 1.82) is 0 Å². The van der Waals surface area contributed by atoms with Crippen molar-refractivity contribution in [1.82, 2.24) is 4.98 Å². The number of rotatable bonds is 8. The van der Waals surface area contributed by atoms with Gasteiger partial charge in [0.05, 0.1) is 11.5 Å². The predicted octanol–water partition coefficient (Wildman–Crippen LogP) is 4.83. The Kier molecular flexibility index (Phi) is 6.13. The van der Waals surface area contributed by atoms with Crippen LogP contribution in [0.3, 0.4) is 0 Å². The summed E-state index contributed by atoms with van der Waals surface area (Å²) in [5, 5.41) is 2.82. The summed E-state index contributed by atoms with van der Waals surface area (Å²) in [4.78, 5) is 16.8. The Labute approximate surface area is 180 Å². The van der Waals surface area contributed by atoms with Gasteiger partial charge in [0.15, 0.2) is 15.4 Å². The van der Waals surface area contributed by atoms with E-state index in [0.717, 1.165) is 16.6 Å².